The maximum atomic E-state index is 12.6. The molecule has 0 aliphatic heterocycles. The number of aryl methyl sites for hydroxylation is 3. The molecule has 0 fully saturated rings. The Morgan fingerprint density at radius 2 is 1.93 bits per heavy atom. The number of Topliss-reactive ketones (excluding diaryl/α,β-unsaturated/α-hetero) is 1. The molecule has 0 saturated heterocycles. The van der Waals surface area contributed by atoms with Gasteiger partial charge in [0, 0.05) is 16.5 Å². The number of hydrogen-bond donors (Lipinski definition) is 0. The van der Waals surface area contributed by atoms with Crippen molar-refractivity contribution in [3.05, 3.63) is 70.5 Å². The van der Waals surface area contributed by atoms with Gasteiger partial charge in [0.1, 0.15) is 5.58 Å². The first kappa shape index (κ1) is 17.5. The predicted molar refractivity (Wildman–Crippen MR) is 103 cm³/mol. The number of esters is 1. The lowest BCUT2D eigenvalue weighted by molar-refractivity contribution is -0.145. The summed E-state index contributed by atoms with van der Waals surface area (Å²) >= 11 is 0. The van der Waals surface area contributed by atoms with Crippen molar-refractivity contribution in [1.82, 2.24) is 0 Å². The molecule has 4 heteroatoms. The van der Waals surface area contributed by atoms with Crippen LogP contribution in [0.1, 0.15) is 46.0 Å². The van der Waals surface area contributed by atoms with Crippen molar-refractivity contribution in [1.29, 1.82) is 0 Å². The highest BCUT2D eigenvalue weighted by molar-refractivity contribution is 6.00. The van der Waals surface area contributed by atoms with Gasteiger partial charge in [0.15, 0.2) is 6.10 Å². The summed E-state index contributed by atoms with van der Waals surface area (Å²) in [5.74, 6) is -0.592. The monoisotopic (exact) mass is 362 g/mol. The first-order valence-corrected chi connectivity index (χ1v) is 9.33. The molecule has 27 heavy (non-hydrogen) atoms. The molecule has 3 aromatic rings. The van der Waals surface area contributed by atoms with E-state index in [1.54, 1.807) is 13.2 Å². The van der Waals surface area contributed by atoms with Crippen LogP contribution >= 0.6 is 0 Å². The molecule has 1 aliphatic carbocycles. The largest absolute Gasteiger partial charge is 0.464 e. The Hall–Kier alpha value is -2.88. The molecule has 1 aromatic heterocycles. The van der Waals surface area contributed by atoms with Gasteiger partial charge < -0.3 is 9.15 Å². The van der Waals surface area contributed by atoms with Crippen molar-refractivity contribution >= 4 is 22.7 Å². The first-order chi connectivity index (χ1) is 13.0. The molecular weight excluding hydrogens is 340 g/mol. The summed E-state index contributed by atoms with van der Waals surface area (Å²) in [6, 6.07) is 11.7. The molecule has 2 aromatic carbocycles. The summed E-state index contributed by atoms with van der Waals surface area (Å²) in [5, 5.41) is 0.898. The zero-order valence-corrected chi connectivity index (χ0v) is 15.6. The average Bonchev–Trinajstić information content (AvgIpc) is 3.27. The molecule has 0 radical (unpaired) electrons. The molecule has 4 nitrogen and oxygen atoms in total. The lowest BCUT2D eigenvalue weighted by Crippen LogP contribution is -2.25. The Kier molecular flexibility index (Phi) is 4.56. The average molecular weight is 362 g/mol. The fraction of sp³-hybridized carbons (Fsp3) is 0.304. The van der Waals surface area contributed by atoms with Crippen LogP contribution in [0.15, 0.2) is 47.1 Å². The maximum Gasteiger partial charge on any atom is 0.311 e. The number of rotatable bonds is 5. The van der Waals surface area contributed by atoms with Crippen molar-refractivity contribution in [2.45, 2.75) is 45.6 Å². The normalized spacial score (nSPS) is 14.1. The van der Waals surface area contributed by atoms with Crippen LogP contribution in [-0.2, 0) is 28.8 Å². The van der Waals surface area contributed by atoms with Gasteiger partial charge in [0.05, 0.1) is 12.7 Å². The van der Waals surface area contributed by atoms with Crippen LogP contribution < -0.4 is 0 Å². The van der Waals surface area contributed by atoms with E-state index in [1.165, 1.54) is 11.1 Å². The second-order valence-electron chi connectivity index (χ2n) is 7.27. The molecular formula is C23H22O4. The van der Waals surface area contributed by atoms with E-state index in [-0.39, 0.29) is 12.2 Å². The first-order valence-electron chi connectivity index (χ1n) is 9.33. The van der Waals surface area contributed by atoms with Gasteiger partial charge >= 0.3 is 5.97 Å². The van der Waals surface area contributed by atoms with Crippen LogP contribution in [0, 0.1) is 6.92 Å². The van der Waals surface area contributed by atoms with Crippen molar-refractivity contribution in [3.8, 4) is 0 Å². The van der Waals surface area contributed by atoms with Crippen LogP contribution in [-0.4, -0.2) is 17.9 Å². The van der Waals surface area contributed by atoms with Gasteiger partial charge in [-0.15, -0.1) is 0 Å². The number of carbonyl (C=O) groups excluding carboxylic acids is 2. The Morgan fingerprint density at radius 1 is 1.11 bits per heavy atom. The van der Waals surface area contributed by atoms with E-state index in [0.29, 0.717) is 5.56 Å². The third kappa shape index (κ3) is 3.52. The van der Waals surface area contributed by atoms with Crippen LogP contribution in [0.5, 0.6) is 0 Å². The van der Waals surface area contributed by atoms with Crippen LogP contribution in [0.25, 0.3) is 11.0 Å². The van der Waals surface area contributed by atoms with Crippen molar-refractivity contribution in [2.24, 2.45) is 0 Å². The smallest absolute Gasteiger partial charge is 0.311 e. The van der Waals surface area contributed by atoms with E-state index in [4.69, 9.17) is 9.15 Å². The molecule has 0 spiro atoms. The molecule has 0 saturated carbocycles. The van der Waals surface area contributed by atoms with Gasteiger partial charge in [-0.1, -0.05) is 24.3 Å². The standard InChI is InChI=1S/C23H22O4/c1-14-6-9-20-19(13-26-21(20)10-14)12-22(24)27-15(2)23(25)18-8-7-16-4-3-5-17(16)11-18/h6-11,13,15H,3-5,12H2,1-2H3/t15-/m0/s1. The Bertz CT molecular complexity index is 1030. The third-order valence-corrected chi connectivity index (χ3v) is 5.21. The van der Waals surface area contributed by atoms with Gasteiger partial charge in [-0.2, -0.15) is 0 Å². The van der Waals surface area contributed by atoms with E-state index >= 15 is 0 Å². The summed E-state index contributed by atoms with van der Waals surface area (Å²) in [5.41, 5.74) is 5.78. The zero-order chi connectivity index (χ0) is 19.0. The van der Waals surface area contributed by atoms with E-state index in [2.05, 4.69) is 0 Å². The number of furan rings is 1. The molecule has 0 bridgehead atoms. The Balaban J connectivity index is 1.43. The lowest BCUT2D eigenvalue weighted by Gasteiger charge is -2.13. The van der Waals surface area contributed by atoms with E-state index in [0.717, 1.165) is 41.4 Å². The minimum atomic E-state index is -0.808. The van der Waals surface area contributed by atoms with E-state index in [1.807, 2.05) is 43.3 Å². The highest BCUT2D eigenvalue weighted by Crippen LogP contribution is 2.25. The quantitative estimate of drug-likeness (QED) is 0.492. The molecule has 1 heterocycles. The van der Waals surface area contributed by atoms with Gasteiger partial charge in [0.2, 0.25) is 5.78 Å². The van der Waals surface area contributed by atoms with E-state index < -0.39 is 12.1 Å². The van der Waals surface area contributed by atoms with Crippen LogP contribution in [0.4, 0.5) is 0 Å². The zero-order valence-electron chi connectivity index (χ0n) is 15.6. The highest BCUT2D eigenvalue weighted by Gasteiger charge is 2.22. The minimum absolute atomic E-state index is 0.0812. The number of ether oxygens (including phenoxy) is 1. The fourth-order valence-corrected chi connectivity index (χ4v) is 3.73. The summed E-state index contributed by atoms with van der Waals surface area (Å²) in [4.78, 5) is 25.0. The molecule has 4 rings (SSSR count). The SMILES string of the molecule is Cc1ccc2c(CC(=O)O[C@@H](C)C(=O)c3ccc4c(c3)CCC4)coc2c1. The summed E-state index contributed by atoms with van der Waals surface area (Å²) in [7, 11) is 0. The summed E-state index contributed by atoms with van der Waals surface area (Å²) < 4.78 is 10.9. The third-order valence-electron chi connectivity index (χ3n) is 5.21. The number of hydrogen-bond acceptors (Lipinski definition) is 4. The molecule has 0 N–H and O–H groups in total. The fourth-order valence-electron chi connectivity index (χ4n) is 3.73. The molecule has 0 unspecified atom stereocenters. The number of ketones is 1. The second kappa shape index (κ2) is 7.03. The van der Waals surface area contributed by atoms with Gasteiger partial charge in [-0.25, -0.2) is 0 Å². The minimum Gasteiger partial charge on any atom is -0.464 e. The number of fused-ring (bicyclic) bond motifs is 2. The maximum absolute atomic E-state index is 12.6. The topological polar surface area (TPSA) is 56.5 Å². The van der Waals surface area contributed by atoms with Gasteiger partial charge in [-0.05, 0) is 61.9 Å². The molecule has 138 valence electrons. The number of carbonyl (C=O) groups is 2. The van der Waals surface area contributed by atoms with Gasteiger partial charge in [-0.3, -0.25) is 9.59 Å². The number of benzene rings is 2. The molecule has 1 aliphatic rings. The second-order valence-corrected chi connectivity index (χ2v) is 7.27. The van der Waals surface area contributed by atoms with Crippen LogP contribution in [0.2, 0.25) is 0 Å². The predicted octanol–water partition coefficient (Wildman–Crippen LogP) is 4.59. The molecule has 0 amide bonds. The summed E-state index contributed by atoms with van der Waals surface area (Å²) in [6.45, 7) is 3.62. The highest BCUT2D eigenvalue weighted by atomic mass is 16.5. The van der Waals surface area contributed by atoms with Crippen LogP contribution in [0.3, 0.4) is 0 Å². The van der Waals surface area contributed by atoms with Crippen molar-refractivity contribution < 1.29 is 18.7 Å². The Morgan fingerprint density at radius 3 is 2.78 bits per heavy atom. The van der Waals surface area contributed by atoms with Gasteiger partial charge in [0.25, 0.3) is 0 Å². The van der Waals surface area contributed by atoms with Crippen molar-refractivity contribution in [2.75, 3.05) is 0 Å². The van der Waals surface area contributed by atoms with Crippen molar-refractivity contribution in [3.63, 3.8) is 0 Å². The summed E-state index contributed by atoms with van der Waals surface area (Å²) in [6.07, 6.45) is 4.08. The lowest BCUT2D eigenvalue weighted by atomic mass is 10.0. The van der Waals surface area contributed by atoms with E-state index in [9.17, 15) is 9.59 Å². The Labute approximate surface area is 158 Å². The molecule has 1 atom stereocenters.